The Hall–Kier alpha value is -2.14. The zero-order valence-electron chi connectivity index (χ0n) is 14.3. The Bertz CT molecular complexity index is 811. The molecule has 130 valence electrons. The van der Waals surface area contributed by atoms with Crippen LogP contribution < -0.4 is 9.64 Å². The van der Waals surface area contributed by atoms with Gasteiger partial charge in [0.2, 0.25) is 0 Å². The maximum atomic E-state index is 12.2. The van der Waals surface area contributed by atoms with Gasteiger partial charge in [0.1, 0.15) is 5.75 Å². The van der Waals surface area contributed by atoms with Crippen molar-refractivity contribution < 1.29 is 14.3 Å². The number of unbranched alkanes of at least 4 members (excludes halogenated alkanes) is 1. The summed E-state index contributed by atoms with van der Waals surface area (Å²) in [6, 6.07) is 11.5. The molecule has 0 saturated heterocycles. The highest BCUT2D eigenvalue weighted by molar-refractivity contribution is 9.10. The zero-order chi connectivity index (χ0) is 18.0. The summed E-state index contributed by atoms with van der Waals surface area (Å²) in [5, 5.41) is 0. The van der Waals surface area contributed by atoms with E-state index in [2.05, 4.69) is 22.0 Å². The van der Waals surface area contributed by atoms with Crippen LogP contribution in [0.4, 0.5) is 5.69 Å². The van der Waals surface area contributed by atoms with E-state index < -0.39 is 11.7 Å². The second kappa shape index (κ2) is 7.40. The number of ether oxygens (including phenoxy) is 1. The predicted molar refractivity (Wildman–Crippen MR) is 101 cm³/mol. The average Bonchev–Trinajstić information content (AvgIpc) is 2.78. The largest absolute Gasteiger partial charge is 0.494 e. The topological polar surface area (TPSA) is 46.6 Å². The standard InChI is InChI=1S/C20H20BrNO3/c1-13-9-14(2)11-16(10-13)25-8-4-3-7-22-18-6-5-15(21)12-17(18)19(23)20(22)24/h5-6,9-12H,3-4,7-8H2,1-2H3. The van der Waals surface area contributed by atoms with Gasteiger partial charge in [-0.2, -0.15) is 0 Å². The van der Waals surface area contributed by atoms with Crippen molar-refractivity contribution in [2.24, 2.45) is 0 Å². The first-order chi connectivity index (χ1) is 12.0. The third kappa shape index (κ3) is 3.93. The van der Waals surface area contributed by atoms with Gasteiger partial charge in [0, 0.05) is 11.0 Å². The number of carbonyl (C=O) groups is 2. The van der Waals surface area contributed by atoms with Crippen LogP contribution in [0.15, 0.2) is 40.9 Å². The molecule has 1 amide bonds. The van der Waals surface area contributed by atoms with E-state index in [-0.39, 0.29) is 0 Å². The number of aryl methyl sites for hydroxylation is 2. The van der Waals surface area contributed by atoms with Crippen LogP contribution in [0.25, 0.3) is 0 Å². The lowest BCUT2D eigenvalue weighted by molar-refractivity contribution is -0.114. The Balaban J connectivity index is 1.53. The first-order valence-electron chi connectivity index (χ1n) is 8.32. The molecule has 0 bridgehead atoms. The van der Waals surface area contributed by atoms with Crippen molar-refractivity contribution in [3.8, 4) is 5.75 Å². The van der Waals surface area contributed by atoms with Crippen LogP contribution in [0.3, 0.4) is 0 Å². The predicted octanol–water partition coefficient (Wildman–Crippen LogP) is 4.45. The number of rotatable bonds is 6. The fraction of sp³-hybridized carbons (Fsp3) is 0.300. The molecule has 5 heteroatoms. The molecular formula is C20H20BrNO3. The van der Waals surface area contributed by atoms with Gasteiger partial charge in [-0.25, -0.2) is 0 Å². The number of benzene rings is 2. The minimum atomic E-state index is -0.441. The van der Waals surface area contributed by atoms with Crippen LogP contribution in [-0.2, 0) is 4.79 Å². The van der Waals surface area contributed by atoms with Crippen LogP contribution in [0, 0.1) is 13.8 Å². The number of ketones is 1. The number of amides is 1. The molecule has 3 rings (SSSR count). The molecule has 0 saturated carbocycles. The summed E-state index contributed by atoms with van der Waals surface area (Å²) >= 11 is 3.34. The normalized spacial score (nSPS) is 13.3. The van der Waals surface area contributed by atoms with Crippen LogP contribution in [0.5, 0.6) is 5.75 Å². The summed E-state index contributed by atoms with van der Waals surface area (Å²) < 4.78 is 6.59. The molecule has 0 atom stereocenters. The van der Waals surface area contributed by atoms with Crippen molar-refractivity contribution in [3.05, 3.63) is 57.6 Å². The van der Waals surface area contributed by atoms with E-state index in [0.717, 1.165) is 23.1 Å². The number of nitrogens with zero attached hydrogens (tertiary/aromatic N) is 1. The Labute approximate surface area is 155 Å². The van der Waals surface area contributed by atoms with Crippen molar-refractivity contribution in [3.63, 3.8) is 0 Å². The molecule has 0 aromatic heterocycles. The maximum Gasteiger partial charge on any atom is 0.299 e. The lowest BCUT2D eigenvalue weighted by Gasteiger charge is -2.16. The van der Waals surface area contributed by atoms with Crippen LogP contribution in [-0.4, -0.2) is 24.8 Å². The van der Waals surface area contributed by atoms with E-state index in [1.807, 2.05) is 38.1 Å². The highest BCUT2D eigenvalue weighted by Gasteiger charge is 2.35. The summed E-state index contributed by atoms with van der Waals surface area (Å²) in [4.78, 5) is 25.8. The summed E-state index contributed by atoms with van der Waals surface area (Å²) in [6.07, 6.45) is 1.59. The molecule has 0 aliphatic carbocycles. The highest BCUT2D eigenvalue weighted by Crippen LogP contribution is 2.31. The summed E-state index contributed by atoms with van der Waals surface area (Å²) in [6.45, 7) is 5.21. The Kier molecular flexibility index (Phi) is 5.23. The number of fused-ring (bicyclic) bond motifs is 1. The molecular weight excluding hydrogens is 382 g/mol. The van der Waals surface area contributed by atoms with E-state index >= 15 is 0 Å². The van der Waals surface area contributed by atoms with E-state index in [1.165, 1.54) is 11.1 Å². The van der Waals surface area contributed by atoms with Gasteiger partial charge in [-0.15, -0.1) is 0 Å². The van der Waals surface area contributed by atoms with Gasteiger partial charge in [-0.1, -0.05) is 22.0 Å². The van der Waals surface area contributed by atoms with E-state index in [1.54, 1.807) is 11.0 Å². The summed E-state index contributed by atoms with van der Waals surface area (Å²) in [5.41, 5.74) is 3.54. The lowest BCUT2D eigenvalue weighted by Crippen LogP contribution is -2.30. The van der Waals surface area contributed by atoms with Gasteiger partial charge in [0.25, 0.3) is 11.7 Å². The van der Waals surface area contributed by atoms with E-state index in [4.69, 9.17) is 4.74 Å². The number of anilines is 1. The third-order valence-corrected chi connectivity index (χ3v) is 4.67. The molecule has 2 aromatic rings. The quantitative estimate of drug-likeness (QED) is 0.530. The van der Waals surface area contributed by atoms with E-state index in [9.17, 15) is 9.59 Å². The van der Waals surface area contributed by atoms with Crippen LogP contribution in [0.1, 0.15) is 34.3 Å². The Morgan fingerprint density at radius 1 is 1.00 bits per heavy atom. The molecule has 1 heterocycles. The van der Waals surface area contributed by atoms with Crippen molar-refractivity contribution in [2.45, 2.75) is 26.7 Å². The van der Waals surface area contributed by atoms with E-state index in [0.29, 0.717) is 24.4 Å². The number of hydrogen-bond acceptors (Lipinski definition) is 3. The second-order valence-electron chi connectivity index (χ2n) is 6.33. The number of Topliss-reactive ketones (excluding diaryl/α,β-unsaturated/α-hetero) is 1. The van der Waals surface area contributed by atoms with Gasteiger partial charge < -0.3 is 9.64 Å². The summed E-state index contributed by atoms with van der Waals surface area (Å²) in [5.74, 6) is 0.00577. The second-order valence-corrected chi connectivity index (χ2v) is 7.24. The SMILES string of the molecule is Cc1cc(C)cc(OCCCCN2C(=O)C(=O)c3cc(Br)ccc32)c1. The molecule has 0 N–H and O–H groups in total. The smallest absolute Gasteiger partial charge is 0.299 e. The minimum absolute atomic E-state index is 0.428. The van der Waals surface area contributed by atoms with Crippen molar-refractivity contribution in [2.75, 3.05) is 18.1 Å². The zero-order valence-corrected chi connectivity index (χ0v) is 15.9. The van der Waals surface area contributed by atoms with Crippen molar-refractivity contribution in [1.29, 1.82) is 0 Å². The molecule has 0 unspecified atom stereocenters. The molecule has 1 aliphatic heterocycles. The lowest BCUT2D eigenvalue weighted by atomic mass is 10.1. The molecule has 2 aromatic carbocycles. The van der Waals surface area contributed by atoms with Gasteiger partial charge in [-0.3, -0.25) is 9.59 Å². The first kappa shape index (κ1) is 17.7. The van der Waals surface area contributed by atoms with Gasteiger partial charge in [0.05, 0.1) is 17.9 Å². The number of carbonyl (C=O) groups excluding carboxylic acids is 2. The van der Waals surface area contributed by atoms with Crippen molar-refractivity contribution >= 4 is 33.3 Å². The fourth-order valence-corrected chi connectivity index (χ4v) is 3.43. The van der Waals surface area contributed by atoms with Gasteiger partial charge in [-0.05, 0) is 68.1 Å². The Morgan fingerprint density at radius 3 is 2.44 bits per heavy atom. The molecule has 1 aliphatic rings. The highest BCUT2D eigenvalue weighted by atomic mass is 79.9. The van der Waals surface area contributed by atoms with Gasteiger partial charge in [0.15, 0.2) is 0 Å². The van der Waals surface area contributed by atoms with Crippen LogP contribution in [0.2, 0.25) is 0 Å². The maximum absolute atomic E-state index is 12.2. The number of hydrogen-bond donors (Lipinski definition) is 0. The molecule has 0 spiro atoms. The monoisotopic (exact) mass is 401 g/mol. The Morgan fingerprint density at radius 2 is 1.72 bits per heavy atom. The van der Waals surface area contributed by atoms with Crippen molar-refractivity contribution in [1.82, 2.24) is 0 Å². The number of halogens is 1. The fourth-order valence-electron chi connectivity index (χ4n) is 3.07. The van der Waals surface area contributed by atoms with Gasteiger partial charge >= 0.3 is 0 Å². The molecule has 0 radical (unpaired) electrons. The third-order valence-electron chi connectivity index (χ3n) is 4.17. The molecule has 25 heavy (non-hydrogen) atoms. The average molecular weight is 402 g/mol. The summed E-state index contributed by atoms with van der Waals surface area (Å²) in [7, 11) is 0. The van der Waals surface area contributed by atoms with Crippen LogP contribution >= 0.6 is 15.9 Å². The molecule has 0 fully saturated rings. The molecule has 4 nitrogen and oxygen atoms in total. The minimum Gasteiger partial charge on any atom is -0.494 e. The first-order valence-corrected chi connectivity index (χ1v) is 9.12.